The van der Waals surface area contributed by atoms with Gasteiger partial charge in [0.2, 0.25) is 6.04 Å². The second kappa shape index (κ2) is 4.07. The van der Waals surface area contributed by atoms with Crippen LogP contribution in [0.3, 0.4) is 0 Å². The van der Waals surface area contributed by atoms with Crippen LogP contribution in [0.5, 0.6) is 0 Å². The number of carbonyl (C=O) groups excluding carboxylic acids is 1. The van der Waals surface area contributed by atoms with Gasteiger partial charge in [0.15, 0.2) is 0 Å². The number of fused-ring (bicyclic) bond motifs is 2. The first-order chi connectivity index (χ1) is 8.56. The zero-order valence-corrected chi connectivity index (χ0v) is 10.4. The predicted molar refractivity (Wildman–Crippen MR) is 63.4 cm³/mol. The maximum absolute atomic E-state index is 11.7. The molecule has 0 spiro atoms. The van der Waals surface area contributed by atoms with Crippen molar-refractivity contribution < 1.29 is 14.5 Å². The fraction of sp³-hybridized carbons (Fsp3) is 0.769. The van der Waals surface area contributed by atoms with E-state index in [-0.39, 0.29) is 28.8 Å². The number of ether oxygens (including phenoxy) is 1. The third kappa shape index (κ3) is 1.72. The van der Waals surface area contributed by atoms with E-state index in [1.807, 2.05) is 13.0 Å². The van der Waals surface area contributed by atoms with Crippen LogP contribution in [0.2, 0.25) is 0 Å². The molecule has 2 fully saturated rings. The summed E-state index contributed by atoms with van der Waals surface area (Å²) in [5.41, 5.74) is 1.12. The van der Waals surface area contributed by atoms with Gasteiger partial charge in [-0.05, 0) is 25.7 Å². The number of cyclic esters (lactones) is 1. The van der Waals surface area contributed by atoms with Gasteiger partial charge in [0.1, 0.15) is 6.10 Å². The van der Waals surface area contributed by atoms with Gasteiger partial charge in [-0.15, -0.1) is 0 Å². The van der Waals surface area contributed by atoms with Crippen LogP contribution < -0.4 is 0 Å². The topological polar surface area (TPSA) is 69.4 Å². The zero-order chi connectivity index (χ0) is 12.9. The van der Waals surface area contributed by atoms with E-state index in [1.54, 1.807) is 0 Å². The van der Waals surface area contributed by atoms with Gasteiger partial charge in [0, 0.05) is 23.7 Å². The number of hydrogen-bond donors (Lipinski definition) is 0. The van der Waals surface area contributed by atoms with Crippen LogP contribution in [0, 0.1) is 27.9 Å². The molecule has 1 saturated carbocycles. The summed E-state index contributed by atoms with van der Waals surface area (Å²) in [4.78, 5) is 22.4. The van der Waals surface area contributed by atoms with Gasteiger partial charge >= 0.3 is 5.97 Å². The molecule has 3 aliphatic rings. The lowest BCUT2D eigenvalue weighted by molar-refractivity contribution is -0.524. The minimum atomic E-state index is -0.459. The molecule has 0 amide bonds. The number of rotatable bonds is 1. The SMILES string of the molecule is C[C@H]1OC(=O)[C@@H]2C=C3C[C@H]([N+](=O)[O-])CC[C@H]3C[C@H]12. The van der Waals surface area contributed by atoms with Gasteiger partial charge < -0.3 is 4.74 Å². The van der Waals surface area contributed by atoms with Crippen LogP contribution in [0.1, 0.15) is 32.6 Å². The van der Waals surface area contributed by atoms with Crippen molar-refractivity contribution >= 4 is 5.97 Å². The van der Waals surface area contributed by atoms with Crippen molar-refractivity contribution in [1.29, 1.82) is 0 Å². The van der Waals surface area contributed by atoms with Gasteiger partial charge in [0.05, 0.1) is 5.92 Å². The molecule has 0 radical (unpaired) electrons. The molecule has 5 heteroatoms. The molecule has 0 unspecified atom stereocenters. The third-order valence-corrected chi connectivity index (χ3v) is 4.73. The summed E-state index contributed by atoms with van der Waals surface area (Å²) in [7, 11) is 0. The van der Waals surface area contributed by atoms with Gasteiger partial charge in [-0.3, -0.25) is 14.9 Å². The Kier molecular flexibility index (Phi) is 2.64. The van der Waals surface area contributed by atoms with Crippen molar-refractivity contribution in [3.63, 3.8) is 0 Å². The highest BCUT2D eigenvalue weighted by Crippen LogP contribution is 2.46. The van der Waals surface area contributed by atoms with Crippen LogP contribution in [0.25, 0.3) is 0 Å². The number of nitrogens with zero attached hydrogens (tertiary/aromatic N) is 1. The Labute approximate surface area is 105 Å². The van der Waals surface area contributed by atoms with Crippen molar-refractivity contribution in [3.8, 4) is 0 Å². The van der Waals surface area contributed by atoms with Gasteiger partial charge in [-0.25, -0.2) is 0 Å². The Balaban J connectivity index is 1.84. The summed E-state index contributed by atoms with van der Waals surface area (Å²) in [6.07, 6.45) is 4.97. The largest absolute Gasteiger partial charge is 0.462 e. The number of nitro groups is 1. The molecule has 18 heavy (non-hydrogen) atoms. The lowest BCUT2D eigenvalue weighted by Gasteiger charge is -2.34. The second-order valence-corrected chi connectivity index (χ2v) is 5.73. The molecule has 1 heterocycles. The fourth-order valence-electron chi connectivity index (χ4n) is 3.68. The standard InChI is InChI=1S/C13H17NO4/c1-7-11-5-8-2-3-10(14(16)17)4-9(8)6-12(11)13(15)18-7/h6-8,10-12H,2-5H2,1H3/t7-,8+,10-,11-,12-/m1/s1. The highest BCUT2D eigenvalue weighted by atomic mass is 16.6. The number of carbonyl (C=O) groups is 1. The van der Waals surface area contributed by atoms with E-state index in [1.165, 1.54) is 0 Å². The molecule has 1 aliphatic heterocycles. The first-order valence-corrected chi connectivity index (χ1v) is 6.61. The molecular weight excluding hydrogens is 234 g/mol. The lowest BCUT2D eigenvalue weighted by atomic mass is 9.68. The van der Waals surface area contributed by atoms with Crippen LogP contribution >= 0.6 is 0 Å². The Bertz CT molecular complexity index is 431. The highest BCUT2D eigenvalue weighted by molar-refractivity contribution is 5.77. The minimum Gasteiger partial charge on any atom is -0.462 e. The quantitative estimate of drug-likeness (QED) is 0.309. The van der Waals surface area contributed by atoms with E-state index >= 15 is 0 Å². The summed E-state index contributed by atoms with van der Waals surface area (Å²) < 4.78 is 5.27. The van der Waals surface area contributed by atoms with Crippen LogP contribution in [0.4, 0.5) is 0 Å². The summed E-state index contributed by atoms with van der Waals surface area (Å²) in [6, 6.07) is -0.459. The number of esters is 1. The summed E-state index contributed by atoms with van der Waals surface area (Å²) >= 11 is 0. The normalized spacial score (nSPS) is 42.6. The van der Waals surface area contributed by atoms with Crippen LogP contribution in [-0.2, 0) is 9.53 Å². The van der Waals surface area contributed by atoms with Crippen LogP contribution in [0.15, 0.2) is 11.6 Å². The van der Waals surface area contributed by atoms with Crippen molar-refractivity contribution in [3.05, 3.63) is 21.8 Å². The van der Waals surface area contributed by atoms with Gasteiger partial charge in [-0.2, -0.15) is 0 Å². The van der Waals surface area contributed by atoms with Crippen LogP contribution in [-0.4, -0.2) is 23.0 Å². The predicted octanol–water partition coefficient (Wildman–Crippen LogP) is 1.94. The van der Waals surface area contributed by atoms with E-state index in [0.29, 0.717) is 18.8 Å². The lowest BCUT2D eigenvalue weighted by Crippen LogP contribution is -2.34. The van der Waals surface area contributed by atoms with E-state index < -0.39 is 6.04 Å². The number of hydrogen-bond acceptors (Lipinski definition) is 4. The summed E-state index contributed by atoms with van der Waals surface area (Å²) in [5.74, 6) is 0.399. The average molecular weight is 251 g/mol. The molecule has 98 valence electrons. The molecular formula is C13H17NO4. The summed E-state index contributed by atoms with van der Waals surface area (Å²) in [6.45, 7) is 1.95. The summed E-state index contributed by atoms with van der Waals surface area (Å²) in [5, 5.41) is 10.9. The molecule has 0 aromatic carbocycles. The van der Waals surface area contributed by atoms with Crippen molar-refractivity contribution in [1.82, 2.24) is 0 Å². The molecule has 1 saturated heterocycles. The molecule has 5 nitrogen and oxygen atoms in total. The van der Waals surface area contributed by atoms with Gasteiger partial charge in [0.25, 0.3) is 0 Å². The van der Waals surface area contributed by atoms with Crippen molar-refractivity contribution in [2.45, 2.75) is 44.8 Å². The molecule has 0 aromatic heterocycles. The van der Waals surface area contributed by atoms with Crippen molar-refractivity contribution in [2.24, 2.45) is 17.8 Å². The average Bonchev–Trinajstić information content (AvgIpc) is 2.61. The molecule has 0 N–H and O–H groups in total. The van der Waals surface area contributed by atoms with Gasteiger partial charge in [-0.1, -0.05) is 11.6 Å². The van der Waals surface area contributed by atoms with E-state index in [4.69, 9.17) is 4.74 Å². The molecule has 2 aliphatic carbocycles. The third-order valence-electron chi connectivity index (χ3n) is 4.73. The maximum atomic E-state index is 11.7. The maximum Gasteiger partial charge on any atom is 0.313 e. The first-order valence-electron chi connectivity index (χ1n) is 6.61. The Morgan fingerprint density at radius 3 is 2.94 bits per heavy atom. The fourth-order valence-corrected chi connectivity index (χ4v) is 3.68. The minimum absolute atomic E-state index is 0.00598. The Morgan fingerprint density at radius 2 is 2.22 bits per heavy atom. The zero-order valence-electron chi connectivity index (χ0n) is 10.4. The first kappa shape index (κ1) is 11.7. The molecule has 5 atom stereocenters. The highest BCUT2D eigenvalue weighted by Gasteiger charge is 2.47. The molecule has 0 bridgehead atoms. The molecule has 3 rings (SSSR count). The van der Waals surface area contributed by atoms with E-state index in [0.717, 1.165) is 18.4 Å². The monoisotopic (exact) mass is 251 g/mol. The van der Waals surface area contributed by atoms with E-state index in [9.17, 15) is 14.9 Å². The van der Waals surface area contributed by atoms with E-state index in [2.05, 4.69) is 0 Å². The Morgan fingerprint density at radius 1 is 1.44 bits per heavy atom. The molecule has 0 aromatic rings. The smallest absolute Gasteiger partial charge is 0.313 e. The second-order valence-electron chi connectivity index (χ2n) is 5.73. The Hall–Kier alpha value is -1.39. The van der Waals surface area contributed by atoms with Crippen molar-refractivity contribution in [2.75, 3.05) is 0 Å².